The molecule has 2 fully saturated rings. The molecule has 2 aromatic rings. The fourth-order valence-corrected chi connectivity index (χ4v) is 3.21. The summed E-state index contributed by atoms with van der Waals surface area (Å²) in [6, 6.07) is 8.43. The zero-order valence-electron chi connectivity index (χ0n) is 13.6. The van der Waals surface area contributed by atoms with Crippen molar-refractivity contribution in [2.24, 2.45) is 0 Å². The van der Waals surface area contributed by atoms with Crippen molar-refractivity contribution in [3.8, 4) is 11.4 Å². The Kier molecular flexibility index (Phi) is 5.84. The highest BCUT2D eigenvalue weighted by molar-refractivity contribution is 5.85. The minimum atomic E-state index is 0. The molecule has 7 heteroatoms. The fraction of sp³-hybridized carbons (Fsp3) is 0.529. The molecule has 2 saturated heterocycles. The molecule has 130 valence electrons. The Morgan fingerprint density at radius 3 is 2.92 bits per heavy atom. The van der Waals surface area contributed by atoms with E-state index in [-0.39, 0.29) is 12.4 Å². The SMILES string of the molecule is Cl.c1cc(CN2CCOCC2)cc(-c2noc([C@H]3CCNC3)n2)c1. The zero-order valence-corrected chi connectivity index (χ0v) is 14.4. The van der Waals surface area contributed by atoms with E-state index in [2.05, 4.69) is 38.6 Å². The molecule has 0 saturated carbocycles. The van der Waals surface area contributed by atoms with Gasteiger partial charge in [0.1, 0.15) is 0 Å². The molecular weight excluding hydrogens is 328 g/mol. The van der Waals surface area contributed by atoms with Crippen molar-refractivity contribution in [1.29, 1.82) is 0 Å². The molecule has 0 radical (unpaired) electrons. The standard InChI is InChI=1S/C17H22N4O2.ClH/c1-2-13(12-21-6-8-22-9-7-21)10-14(3-1)16-19-17(23-20-16)15-4-5-18-11-15;/h1-3,10,15,18H,4-9,11-12H2;1H/t15-;/m0./s1. The van der Waals surface area contributed by atoms with Crippen molar-refractivity contribution in [1.82, 2.24) is 20.4 Å². The van der Waals surface area contributed by atoms with Crippen molar-refractivity contribution in [2.75, 3.05) is 39.4 Å². The van der Waals surface area contributed by atoms with Gasteiger partial charge in [0, 0.05) is 31.7 Å². The number of aromatic nitrogens is 2. The second kappa shape index (κ2) is 8.07. The Morgan fingerprint density at radius 2 is 2.12 bits per heavy atom. The molecular formula is C17H23ClN4O2. The van der Waals surface area contributed by atoms with E-state index in [4.69, 9.17) is 9.26 Å². The highest BCUT2D eigenvalue weighted by atomic mass is 35.5. The molecule has 3 heterocycles. The van der Waals surface area contributed by atoms with Gasteiger partial charge in [0.2, 0.25) is 11.7 Å². The average molecular weight is 351 g/mol. The van der Waals surface area contributed by atoms with Gasteiger partial charge in [-0.2, -0.15) is 4.98 Å². The van der Waals surface area contributed by atoms with E-state index in [1.165, 1.54) is 5.56 Å². The molecule has 4 rings (SSSR count). The second-order valence-electron chi connectivity index (χ2n) is 6.23. The molecule has 24 heavy (non-hydrogen) atoms. The molecule has 1 atom stereocenters. The van der Waals surface area contributed by atoms with Crippen molar-refractivity contribution >= 4 is 12.4 Å². The number of hydrogen-bond acceptors (Lipinski definition) is 6. The summed E-state index contributed by atoms with van der Waals surface area (Å²) in [6.07, 6.45) is 1.07. The summed E-state index contributed by atoms with van der Waals surface area (Å²) >= 11 is 0. The minimum Gasteiger partial charge on any atom is -0.379 e. The van der Waals surface area contributed by atoms with Crippen LogP contribution in [0.3, 0.4) is 0 Å². The predicted molar refractivity (Wildman–Crippen MR) is 93.3 cm³/mol. The van der Waals surface area contributed by atoms with Crippen molar-refractivity contribution in [2.45, 2.75) is 18.9 Å². The maximum atomic E-state index is 5.46. The Bertz CT molecular complexity index is 652. The van der Waals surface area contributed by atoms with E-state index in [1.807, 2.05) is 6.07 Å². The van der Waals surface area contributed by atoms with E-state index in [9.17, 15) is 0 Å². The molecule has 6 nitrogen and oxygen atoms in total. The topological polar surface area (TPSA) is 63.4 Å². The number of morpholine rings is 1. The van der Waals surface area contributed by atoms with Crippen molar-refractivity contribution in [3.05, 3.63) is 35.7 Å². The summed E-state index contributed by atoms with van der Waals surface area (Å²) in [5, 5.41) is 7.50. The smallest absolute Gasteiger partial charge is 0.231 e. The van der Waals surface area contributed by atoms with E-state index < -0.39 is 0 Å². The molecule has 0 amide bonds. The highest BCUT2D eigenvalue weighted by Crippen LogP contribution is 2.24. The van der Waals surface area contributed by atoms with E-state index in [1.54, 1.807) is 0 Å². The van der Waals surface area contributed by atoms with Crippen LogP contribution in [0.2, 0.25) is 0 Å². The van der Waals surface area contributed by atoms with Gasteiger partial charge in [-0.1, -0.05) is 23.4 Å². The second-order valence-corrected chi connectivity index (χ2v) is 6.23. The monoisotopic (exact) mass is 350 g/mol. The molecule has 0 spiro atoms. The Balaban J connectivity index is 0.00000169. The first-order valence-electron chi connectivity index (χ1n) is 8.32. The van der Waals surface area contributed by atoms with Gasteiger partial charge in [-0.15, -0.1) is 12.4 Å². The van der Waals surface area contributed by atoms with Crippen LogP contribution in [0.5, 0.6) is 0 Å². The molecule has 0 unspecified atom stereocenters. The molecule has 2 aliphatic heterocycles. The first-order chi connectivity index (χ1) is 11.4. The van der Waals surface area contributed by atoms with Crippen LogP contribution < -0.4 is 5.32 Å². The van der Waals surface area contributed by atoms with Crippen LogP contribution in [0.15, 0.2) is 28.8 Å². The van der Waals surface area contributed by atoms with E-state index in [0.29, 0.717) is 11.7 Å². The van der Waals surface area contributed by atoms with Gasteiger partial charge in [0.15, 0.2) is 0 Å². The van der Waals surface area contributed by atoms with Crippen molar-refractivity contribution in [3.63, 3.8) is 0 Å². The van der Waals surface area contributed by atoms with Crippen LogP contribution in [-0.4, -0.2) is 54.4 Å². The van der Waals surface area contributed by atoms with Gasteiger partial charge >= 0.3 is 0 Å². The molecule has 0 bridgehead atoms. The number of ether oxygens (including phenoxy) is 1. The third-order valence-electron chi connectivity index (χ3n) is 4.55. The third kappa shape index (κ3) is 3.95. The number of halogens is 1. The Morgan fingerprint density at radius 1 is 1.25 bits per heavy atom. The number of hydrogen-bond donors (Lipinski definition) is 1. The molecule has 1 aromatic heterocycles. The average Bonchev–Trinajstić information content (AvgIpc) is 3.28. The fourth-order valence-electron chi connectivity index (χ4n) is 3.21. The summed E-state index contributed by atoms with van der Waals surface area (Å²) in [5.74, 6) is 1.80. The van der Waals surface area contributed by atoms with Gasteiger partial charge in [0.05, 0.1) is 19.1 Å². The Hall–Kier alpha value is -1.47. The number of benzene rings is 1. The first-order valence-corrected chi connectivity index (χ1v) is 8.32. The summed E-state index contributed by atoms with van der Waals surface area (Å²) in [5.41, 5.74) is 2.30. The van der Waals surface area contributed by atoms with Crippen LogP contribution in [-0.2, 0) is 11.3 Å². The van der Waals surface area contributed by atoms with Crippen LogP contribution >= 0.6 is 12.4 Å². The molecule has 1 N–H and O–H groups in total. The minimum absolute atomic E-state index is 0. The largest absolute Gasteiger partial charge is 0.379 e. The number of nitrogens with zero attached hydrogens (tertiary/aromatic N) is 3. The third-order valence-corrected chi connectivity index (χ3v) is 4.55. The van der Waals surface area contributed by atoms with E-state index in [0.717, 1.165) is 63.8 Å². The number of rotatable bonds is 4. The summed E-state index contributed by atoms with van der Waals surface area (Å²) in [6.45, 7) is 6.52. The summed E-state index contributed by atoms with van der Waals surface area (Å²) in [4.78, 5) is 7.01. The molecule has 0 aliphatic carbocycles. The molecule has 2 aliphatic rings. The predicted octanol–water partition coefficient (Wildman–Crippen LogP) is 2.07. The van der Waals surface area contributed by atoms with Gasteiger partial charge in [-0.25, -0.2) is 0 Å². The first kappa shape index (κ1) is 17.4. The summed E-state index contributed by atoms with van der Waals surface area (Å²) < 4.78 is 10.9. The van der Waals surface area contributed by atoms with Crippen LogP contribution in [0, 0.1) is 0 Å². The lowest BCUT2D eigenvalue weighted by Gasteiger charge is -2.26. The lowest BCUT2D eigenvalue weighted by atomic mass is 10.1. The Labute approximate surface area is 148 Å². The quantitative estimate of drug-likeness (QED) is 0.910. The number of nitrogens with one attached hydrogen (secondary N) is 1. The zero-order chi connectivity index (χ0) is 15.5. The maximum Gasteiger partial charge on any atom is 0.231 e. The normalized spacial score (nSPS) is 21.6. The molecule has 1 aromatic carbocycles. The van der Waals surface area contributed by atoms with Gasteiger partial charge in [-0.3, -0.25) is 4.90 Å². The summed E-state index contributed by atoms with van der Waals surface area (Å²) in [7, 11) is 0. The highest BCUT2D eigenvalue weighted by Gasteiger charge is 2.23. The van der Waals surface area contributed by atoms with E-state index >= 15 is 0 Å². The van der Waals surface area contributed by atoms with Crippen LogP contribution in [0.25, 0.3) is 11.4 Å². The lowest BCUT2D eigenvalue weighted by molar-refractivity contribution is 0.0342. The maximum absolute atomic E-state index is 5.46. The van der Waals surface area contributed by atoms with Crippen molar-refractivity contribution < 1.29 is 9.26 Å². The van der Waals surface area contributed by atoms with Gasteiger partial charge in [-0.05, 0) is 24.6 Å². The van der Waals surface area contributed by atoms with Crippen LogP contribution in [0.4, 0.5) is 0 Å². The lowest BCUT2D eigenvalue weighted by Crippen LogP contribution is -2.35. The van der Waals surface area contributed by atoms with Crippen LogP contribution in [0.1, 0.15) is 23.8 Å². The van der Waals surface area contributed by atoms with Gasteiger partial charge in [0.25, 0.3) is 0 Å². The van der Waals surface area contributed by atoms with Gasteiger partial charge < -0.3 is 14.6 Å².